The van der Waals surface area contributed by atoms with Crippen LogP contribution in [0.4, 0.5) is 5.69 Å². The molecule has 1 fully saturated rings. The SMILES string of the molecule is CC[C@@H](C)NC(=O)c1ccc(NC(=O)c2ccnc(C3CC3)n2)cc1. The van der Waals surface area contributed by atoms with Gasteiger partial charge in [0, 0.05) is 29.4 Å². The Labute approximate surface area is 147 Å². The number of hydrogen-bond donors (Lipinski definition) is 2. The van der Waals surface area contributed by atoms with Crippen molar-refractivity contribution in [3.05, 3.63) is 53.6 Å². The van der Waals surface area contributed by atoms with Gasteiger partial charge in [0.2, 0.25) is 0 Å². The van der Waals surface area contributed by atoms with Gasteiger partial charge in [-0.2, -0.15) is 0 Å². The predicted molar refractivity (Wildman–Crippen MR) is 95.6 cm³/mol. The third kappa shape index (κ3) is 4.41. The first kappa shape index (κ1) is 17.1. The van der Waals surface area contributed by atoms with E-state index in [1.54, 1.807) is 36.5 Å². The molecule has 1 aliphatic carbocycles. The van der Waals surface area contributed by atoms with Crippen LogP contribution in [0.3, 0.4) is 0 Å². The van der Waals surface area contributed by atoms with Crippen LogP contribution in [0.15, 0.2) is 36.5 Å². The lowest BCUT2D eigenvalue weighted by molar-refractivity contribution is 0.0938. The van der Waals surface area contributed by atoms with Crippen molar-refractivity contribution in [2.24, 2.45) is 0 Å². The van der Waals surface area contributed by atoms with Crippen LogP contribution in [0.25, 0.3) is 0 Å². The highest BCUT2D eigenvalue weighted by Crippen LogP contribution is 2.37. The van der Waals surface area contributed by atoms with E-state index >= 15 is 0 Å². The van der Waals surface area contributed by atoms with Crippen molar-refractivity contribution in [3.8, 4) is 0 Å². The number of hydrogen-bond acceptors (Lipinski definition) is 4. The fraction of sp³-hybridized carbons (Fsp3) is 0.368. The van der Waals surface area contributed by atoms with Gasteiger partial charge in [0.15, 0.2) is 0 Å². The zero-order chi connectivity index (χ0) is 17.8. The van der Waals surface area contributed by atoms with E-state index in [0.29, 0.717) is 22.9 Å². The van der Waals surface area contributed by atoms with Crippen molar-refractivity contribution in [1.82, 2.24) is 15.3 Å². The van der Waals surface area contributed by atoms with E-state index in [9.17, 15) is 9.59 Å². The number of nitrogens with zero attached hydrogens (tertiary/aromatic N) is 2. The highest BCUT2D eigenvalue weighted by molar-refractivity contribution is 6.03. The summed E-state index contributed by atoms with van der Waals surface area (Å²) in [6, 6.07) is 8.56. The molecule has 1 heterocycles. The topological polar surface area (TPSA) is 84.0 Å². The summed E-state index contributed by atoms with van der Waals surface area (Å²) < 4.78 is 0. The first-order valence-corrected chi connectivity index (χ1v) is 8.62. The minimum atomic E-state index is -0.277. The second kappa shape index (κ2) is 7.42. The first-order valence-electron chi connectivity index (χ1n) is 8.62. The van der Waals surface area contributed by atoms with Crippen LogP contribution in [0.1, 0.15) is 65.7 Å². The zero-order valence-corrected chi connectivity index (χ0v) is 14.5. The molecule has 130 valence electrons. The molecule has 1 saturated carbocycles. The van der Waals surface area contributed by atoms with Gasteiger partial charge in [0.05, 0.1) is 0 Å². The maximum Gasteiger partial charge on any atom is 0.274 e. The van der Waals surface area contributed by atoms with Gasteiger partial charge in [-0.25, -0.2) is 9.97 Å². The van der Waals surface area contributed by atoms with Crippen molar-refractivity contribution in [1.29, 1.82) is 0 Å². The summed E-state index contributed by atoms with van der Waals surface area (Å²) in [6.45, 7) is 3.98. The Hall–Kier alpha value is -2.76. The van der Waals surface area contributed by atoms with Crippen molar-refractivity contribution < 1.29 is 9.59 Å². The van der Waals surface area contributed by atoms with Gasteiger partial charge in [-0.05, 0) is 56.5 Å². The van der Waals surface area contributed by atoms with Crippen LogP contribution in [-0.4, -0.2) is 27.8 Å². The molecule has 1 aliphatic rings. The molecule has 0 unspecified atom stereocenters. The Morgan fingerprint density at radius 1 is 1.16 bits per heavy atom. The number of anilines is 1. The van der Waals surface area contributed by atoms with Gasteiger partial charge >= 0.3 is 0 Å². The number of nitrogens with one attached hydrogen (secondary N) is 2. The molecule has 0 radical (unpaired) electrons. The summed E-state index contributed by atoms with van der Waals surface area (Å²) in [5, 5.41) is 5.71. The molecule has 6 heteroatoms. The Balaban J connectivity index is 1.63. The summed E-state index contributed by atoms with van der Waals surface area (Å²) >= 11 is 0. The summed E-state index contributed by atoms with van der Waals surface area (Å²) in [6.07, 6.45) is 4.68. The minimum absolute atomic E-state index is 0.114. The third-order valence-electron chi connectivity index (χ3n) is 4.24. The molecule has 0 spiro atoms. The van der Waals surface area contributed by atoms with Gasteiger partial charge < -0.3 is 10.6 Å². The Kier molecular flexibility index (Phi) is 5.07. The standard InChI is InChI=1S/C19H22N4O2/c1-3-12(2)21-18(24)14-6-8-15(9-7-14)22-19(25)16-10-11-20-17(23-16)13-4-5-13/h6-13H,3-5H2,1-2H3,(H,21,24)(H,22,25)/t12-/m1/s1. The molecule has 0 aliphatic heterocycles. The molecule has 2 aromatic rings. The maximum absolute atomic E-state index is 12.3. The van der Waals surface area contributed by atoms with E-state index in [1.807, 2.05) is 13.8 Å². The molecule has 0 saturated heterocycles. The zero-order valence-electron chi connectivity index (χ0n) is 14.5. The number of carbonyl (C=O) groups is 2. The lowest BCUT2D eigenvalue weighted by atomic mass is 10.1. The van der Waals surface area contributed by atoms with Crippen LogP contribution in [0.5, 0.6) is 0 Å². The van der Waals surface area contributed by atoms with Gasteiger partial charge in [-0.1, -0.05) is 6.92 Å². The summed E-state index contributed by atoms with van der Waals surface area (Å²) in [5.74, 6) is 0.749. The van der Waals surface area contributed by atoms with Crippen LogP contribution in [0, 0.1) is 0 Å². The van der Waals surface area contributed by atoms with Gasteiger partial charge in [-0.15, -0.1) is 0 Å². The fourth-order valence-electron chi connectivity index (χ4n) is 2.35. The van der Waals surface area contributed by atoms with Gasteiger partial charge in [0.1, 0.15) is 11.5 Å². The molecular formula is C19H22N4O2. The van der Waals surface area contributed by atoms with Crippen molar-refractivity contribution in [2.45, 2.75) is 45.1 Å². The summed E-state index contributed by atoms with van der Waals surface area (Å²) in [4.78, 5) is 32.9. The average Bonchev–Trinajstić information content (AvgIpc) is 3.47. The third-order valence-corrected chi connectivity index (χ3v) is 4.24. The predicted octanol–water partition coefficient (Wildman–Crippen LogP) is 3.13. The summed E-state index contributed by atoms with van der Waals surface area (Å²) in [5.41, 5.74) is 1.54. The smallest absolute Gasteiger partial charge is 0.274 e. The number of benzene rings is 1. The maximum atomic E-state index is 12.3. The molecule has 2 amide bonds. The quantitative estimate of drug-likeness (QED) is 0.847. The van der Waals surface area contributed by atoms with E-state index in [2.05, 4.69) is 20.6 Å². The lowest BCUT2D eigenvalue weighted by Crippen LogP contribution is -2.31. The molecule has 0 bridgehead atoms. The van der Waals surface area contributed by atoms with Crippen molar-refractivity contribution in [2.75, 3.05) is 5.32 Å². The average molecular weight is 338 g/mol. The van der Waals surface area contributed by atoms with E-state index in [0.717, 1.165) is 25.1 Å². The van der Waals surface area contributed by atoms with Gasteiger partial charge in [0.25, 0.3) is 11.8 Å². The second-order valence-corrected chi connectivity index (χ2v) is 6.39. The van der Waals surface area contributed by atoms with Crippen LogP contribution in [0.2, 0.25) is 0 Å². The Morgan fingerprint density at radius 2 is 1.88 bits per heavy atom. The number of aromatic nitrogens is 2. The highest BCUT2D eigenvalue weighted by atomic mass is 16.2. The van der Waals surface area contributed by atoms with E-state index in [-0.39, 0.29) is 17.9 Å². The summed E-state index contributed by atoms with van der Waals surface area (Å²) in [7, 11) is 0. The van der Waals surface area contributed by atoms with Crippen molar-refractivity contribution in [3.63, 3.8) is 0 Å². The normalized spacial score (nSPS) is 14.6. The Bertz CT molecular complexity index is 769. The van der Waals surface area contributed by atoms with Crippen LogP contribution >= 0.6 is 0 Å². The molecule has 1 aromatic carbocycles. The number of carbonyl (C=O) groups excluding carboxylic acids is 2. The molecular weight excluding hydrogens is 316 g/mol. The molecule has 1 aromatic heterocycles. The lowest BCUT2D eigenvalue weighted by Gasteiger charge is -2.11. The fourth-order valence-corrected chi connectivity index (χ4v) is 2.35. The molecule has 6 nitrogen and oxygen atoms in total. The molecule has 3 rings (SSSR count). The van der Waals surface area contributed by atoms with E-state index < -0.39 is 0 Å². The van der Waals surface area contributed by atoms with E-state index in [1.165, 1.54) is 0 Å². The van der Waals surface area contributed by atoms with Crippen LogP contribution < -0.4 is 10.6 Å². The first-order chi connectivity index (χ1) is 12.1. The van der Waals surface area contributed by atoms with Gasteiger partial charge in [-0.3, -0.25) is 9.59 Å². The van der Waals surface area contributed by atoms with Crippen LogP contribution in [-0.2, 0) is 0 Å². The monoisotopic (exact) mass is 338 g/mol. The molecule has 2 N–H and O–H groups in total. The number of rotatable bonds is 6. The molecule has 25 heavy (non-hydrogen) atoms. The van der Waals surface area contributed by atoms with E-state index in [4.69, 9.17) is 0 Å². The number of amides is 2. The largest absolute Gasteiger partial charge is 0.350 e. The second-order valence-electron chi connectivity index (χ2n) is 6.39. The Morgan fingerprint density at radius 3 is 2.52 bits per heavy atom. The minimum Gasteiger partial charge on any atom is -0.350 e. The van der Waals surface area contributed by atoms with Crippen molar-refractivity contribution >= 4 is 17.5 Å². The highest BCUT2D eigenvalue weighted by Gasteiger charge is 2.27. The molecule has 1 atom stereocenters.